The van der Waals surface area contributed by atoms with Crippen LogP contribution in [0.4, 0.5) is 14.9 Å². The maximum atomic E-state index is 15.1. The quantitative estimate of drug-likeness (QED) is 0.615. The number of rotatable bonds is 4. The summed E-state index contributed by atoms with van der Waals surface area (Å²) in [6.45, 7) is 2.00. The van der Waals surface area contributed by atoms with Crippen molar-refractivity contribution in [3.05, 3.63) is 56.8 Å². The second kappa shape index (κ2) is 7.41. The third-order valence-corrected chi connectivity index (χ3v) is 6.59. The Hall–Kier alpha value is -2.91. The van der Waals surface area contributed by atoms with Crippen LogP contribution in [0.3, 0.4) is 0 Å². The highest BCUT2D eigenvalue weighted by Crippen LogP contribution is 2.39. The summed E-state index contributed by atoms with van der Waals surface area (Å²) in [6.07, 6.45) is 1.72. The van der Waals surface area contributed by atoms with Crippen LogP contribution in [0.2, 0.25) is 0 Å². The van der Waals surface area contributed by atoms with Gasteiger partial charge in [0.1, 0.15) is 5.82 Å². The summed E-state index contributed by atoms with van der Waals surface area (Å²) in [5.41, 5.74) is 0.431. The van der Waals surface area contributed by atoms with Crippen LogP contribution in [0.5, 0.6) is 5.75 Å². The Morgan fingerprint density at radius 1 is 1.33 bits per heavy atom. The number of aromatic nitrogens is 1. The van der Waals surface area contributed by atoms with Gasteiger partial charge in [-0.3, -0.25) is 4.79 Å². The molecule has 7 nitrogen and oxygen atoms in total. The first-order valence-electron chi connectivity index (χ1n) is 9.82. The third-order valence-electron chi connectivity index (χ3n) is 5.61. The predicted octanol–water partition coefficient (Wildman–Crippen LogP) is 3.74. The van der Waals surface area contributed by atoms with Gasteiger partial charge >= 0.3 is 6.16 Å². The third kappa shape index (κ3) is 3.44. The Labute approximate surface area is 175 Å². The SMILES string of the molecule is O=C(O)Oc1cn(C2CC2)c2cc(N3CCNC(c4cccs4)C3)c(F)cc2c1=O. The van der Waals surface area contributed by atoms with Gasteiger partial charge in [-0.15, -0.1) is 11.3 Å². The summed E-state index contributed by atoms with van der Waals surface area (Å²) < 4.78 is 21.6. The molecule has 2 aromatic heterocycles. The smallest absolute Gasteiger partial charge is 0.449 e. The molecule has 5 rings (SSSR count). The minimum Gasteiger partial charge on any atom is -0.449 e. The van der Waals surface area contributed by atoms with E-state index in [2.05, 4.69) is 16.1 Å². The molecule has 2 aliphatic rings. The fourth-order valence-corrected chi connectivity index (χ4v) is 4.84. The number of halogens is 1. The zero-order chi connectivity index (χ0) is 20.8. The molecular formula is C21H20FN3O4S. The molecule has 1 saturated heterocycles. The molecule has 2 fully saturated rings. The Kier molecular flexibility index (Phi) is 4.71. The Bertz CT molecular complexity index is 1170. The standard InChI is InChI=1S/C21H20FN3O4S/c22-14-8-13-16(25(12-3-4-12)11-18(20(13)26)29-21(27)28)9-17(14)24-6-5-23-15(10-24)19-2-1-7-30-19/h1-2,7-9,11-12,15,23H,3-6,10H2,(H,27,28). The van der Waals surface area contributed by atoms with Crippen LogP contribution < -0.4 is 20.4 Å². The second-order valence-electron chi connectivity index (χ2n) is 7.62. The number of pyridine rings is 1. The molecule has 0 radical (unpaired) electrons. The minimum absolute atomic E-state index is 0.116. The summed E-state index contributed by atoms with van der Waals surface area (Å²) >= 11 is 1.67. The molecular weight excluding hydrogens is 409 g/mol. The lowest BCUT2D eigenvalue weighted by atomic mass is 10.1. The molecule has 0 bridgehead atoms. The molecule has 1 aliphatic heterocycles. The lowest BCUT2D eigenvalue weighted by Gasteiger charge is -2.35. The first-order valence-corrected chi connectivity index (χ1v) is 10.7. The van der Waals surface area contributed by atoms with Crippen LogP contribution in [0.1, 0.15) is 29.8 Å². The molecule has 9 heteroatoms. The molecule has 2 N–H and O–H groups in total. The zero-order valence-electron chi connectivity index (χ0n) is 16.0. The van der Waals surface area contributed by atoms with E-state index in [9.17, 15) is 9.59 Å². The van der Waals surface area contributed by atoms with Crippen molar-refractivity contribution in [2.45, 2.75) is 24.9 Å². The van der Waals surface area contributed by atoms with Gasteiger partial charge in [-0.1, -0.05) is 6.07 Å². The first-order chi connectivity index (χ1) is 14.5. The molecule has 156 valence electrons. The van der Waals surface area contributed by atoms with Gasteiger partial charge in [-0.05, 0) is 36.4 Å². The number of carboxylic acid groups (broad SMARTS) is 1. The van der Waals surface area contributed by atoms with Crippen LogP contribution in [-0.4, -0.2) is 35.5 Å². The van der Waals surface area contributed by atoms with Gasteiger partial charge in [0.15, 0.2) is 5.75 Å². The van der Waals surface area contributed by atoms with Crippen molar-refractivity contribution in [1.82, 2.24) is 9.88 Å². The fraction of sp³-hybridized carbons (Fsp3) is 0.333. The normalized spacial score (nSPS) is 19.2. The molecule has 1 saturated carbocycles. The van der Waals surface area contributed by atoms with E-state index in [4.69, 9.17) is 5.11 Å². The van der Waals surface area contributed by atoms with Crippen molar-refractivity contribution in [1.29, 1.82) is 0 Å². The molecule has 0 amide bonds. The van der Waals surface area contributed by atoms with Crippen LogP contribution in [0.25, 0.3) is 10.9 Å². The van der Waals surface area contributed by atoms with Crippen LogP contribution in [-0.2, 0) is 0 Å². The summed E-state index contributed by atoms with van der Waals surface area (Å²) in [5, 5.41) is 14.6. The lowest BCUT2D eigenvalue weighted by Crippen LogP contribution is -2.46. The van der Waals surface area contributed by atoms with Gasteiger partial charge in [-0.2, -0.15) is 0 Å². The fourth-order valence-electron chi connectivity index (χ4n) is 4.05. The minimum atomic E-state index is -1.56. The second-order valence-corrected chi connectivity index (χ2v) is 8.60. The molecule has 3 aromatic rings. The van der Waals surface area contributed by atoms with Crippen molar-refractivity contribution in [2.24, 2.45) is 0 Å². The number of nitrogens with one attached hydrogen (secondary N) is 1. The Morgan fingerprint density at radius 2 is 2.17 bits per heavy atom. The van der Waals surface area contributed by atoms with E-state index in [0.717, 1.165) is 19.4 Å². The first kappa shape index (κ1) is 19.1. The van der Waals surface area contributed by atoms with Crippen LogP contribution in [0.15, 0.2) is 40.6 Å². The molecule has 3 heterocycles. The Morgan fingerprint density at radius 3 is 2.87 bits per heavy atom. The van der Waals surface area contributed by atoms with E-state index in [1.807, 2.05) is 20.9 Å². The molecule has 1 atom stereocenters. The highest BCUT2D eigenvalue weighted by Gasteiger charge is 2.29. The Balaban J connectivity index is 1.58. The molecule has 1 unspecified atom stereocenters. The molecule has 1 aromatic carbocycles. The van der Waals surface area contributed by atoms with E-state index in [-0.39, 0.29) is 23.2 Å². The van der Waals surface area contributed by atoms with Crippen molar-refractivity contribution < 1.29 is 19.0 Å². The number of hydrogen-bond acceptors (Lipinski definition) is 6. The number of piperazine rings is 1. The van der Waals surface area contributed by atoms with E-state index >= 15 is 4.39 Å². The van der Waals surface area contributed by atoms with Crippen LogP contribution in [0, 0.1) is 5.82 Å². The van der Waals surface area contributed by atoms with Gasteiger partial charge in [0, 0.05) is 30.6 Å². The summed E-state index contributed by atoms with van der Waals surface area (Å²) in [6, 6.07) is 7.27. The zero-order valence-corrected chi connectivity index (χ0v) is 16.8. The van der Waals surface area contributed by atoms with Crippen molar-refractivity contribution in [3.63, 3.8) is 0 Å². The van der Waals surface area contributed by atoms with Crippen molar-refractivity contribution in [3.8, 4) is 5.75 Å². The predicted molar refractivity (Wildman–Crippen MR) is 112 cm³/mol. The highest BCUT2D eigenvalue weighted by molar-refractivity contribution is 7.10. The van der Waals surface area contributed by atoms with E-state index in [0.29, 0.717) is 24.3 Å². The van der Waals surface area contributed by atoms with Gasteiger partial charge in [0.25, 0.3) is 0 Å². The number of fused-ring (bicyclic) bond motifs is 1. The van der Waals surface area contributed by atoms with Gasteiger partial charge in [0.2, 0.25) is 5.43 Å². The maximum Gasteiger partial charge on any atom is 0.511 e. The molecule has 1 aliphatic carbocycles. The number of anilines is 1. The summed E-state index contributed by atoms with van der Waals surface area (Å²) in [7, 11) is 0. The number of nitrogens with zero attached hydrogens (tertiary/aromatic N) is 2. The maximum absolute atomic E-state index is 15.1. The van der Waals surface area contributed by atoms with Crippen molar-refractivity contribution in [2.75, 3.05) is 24.5 Å². The monoisotopic (exact) mass is 429 g/mol. The largest absolute Gasteiger partial charge is 0.511 e. The van der Waals surface area contributed by atoms with Crippen LogP contribution >= 0.6 is 11.3 Å². The van der Waals surface area contributed by atoms with Crippen molar-refractivity contribution >= 4 is 34.1 Å². The highest BCUT2D eigenvalue weighted by atomic mass is 32.1. The number of ether oxygens (including phenoxy) is 1. The topological polar surface area (TPSA) is 83.8 Å². The molecule has 0 spiro atoms. The summed E-state index contributed by atoms with van der Waals surface area (Å²) in [5.74, 6) is -0.796. The number of thiophene rings is 1. The lowest BCUT2D eigenvalue weighted by molar-refractivity contribution is 0.143. The average Bonchev–Trinajstić information content (AvgIpc) is 3.42. The van der Waals surface area contributed by atoms with E-state index in [1.54, 1.807) is 17.4 Å². The van der Waals surface area contributed by atoms with E-state index < -0.39 is 17.4 Å². The average molecular weight is 429 g/mol. The van der Waals surface area contributed by atoms with Gasteiger partial charge in [0.05, 0.1) is 28.8 Å². The van der Waals surface area contributed by atoms with Gasteiger partial charge < -0.3 is 24.6 Å². The number of carbonyl (C=O) groups is 1. The number of benzene rings is 1. The van der Waals surface area contributed by atoms with Gasteiger partial charge in [-0.25, -0.2) is 9.18 Å². The summed E-state index contributed by atoms with van der Waals surface area (Å²) in [4.78, 5) is 26.9. The number of hydrogen-bond donors (Lipinski definition) is 2. The molecule has 30 heavy (non-hydrogen) atoms. The van der Waals surface area contributed by atoms with E-state index in [1.165, 1.54) is 17.1 Å².